The van der Waals surface area contributed by atoms with E-state index in [-0.39, 0.29) is 12.1 Å². The Morgan fingerprint density at radius 3 is 1.50 bits per heavy atom. The van der Waals surface area contributed by atoms with Crippen LogP contribution in [0.1, 0.15) is 17.0 Å². The number of nitrogens with zero attached hydrogens (tertiary/aromatic N) is 1. The van der Waals surface area contributed by atoms with Gasteiger partial charge in [0.2, 0.25) is 0 Å². The van der Waals surface area contributed by atoms with E-state index in [4.69, 9.17) is 0 Å². The van der Waals surface area contributed by atoms with E-state index in [9.17, 15) is 39.5 Å². The van der Waals surface area contributed by atoms with E-state index in [2.05, 4.69) is 4.98 Å². The number of halogens is 9. The van der Waals surface area contributed by atoms with Crippen molar-refractivity contribution < 1.29 is 39.5 Å². The van der Waals surface area contributed by atoms with Crippen LogP contribution in [-0.2, 0) is 18.5 Å². The maximum atomic E-state index is 12.7. The second-order valence-corrected chi connectivity index (χ2v) is 4.70. The molecule has 1 aromatic heterocycles. The molecule has 2 aromatic rings. The standard InChI is InChI=1S/C14H6F9N/c15-12(16,17)9-3-1-2-7(4-9)8-5-10(13(18,19)20)24-11(6-8)14(21,22)23/h1-6H. The van der Waals surface area contributed by atoms with Crippen LogP contribution in [-0.4, -0.2) is 4.98 Å². The van der Waals surface area contributed by atoms with Crippen molar-refractivity contribution >= 4 is 0 Å². The van der Waals surface area contributed by atoms with Gasteiger partial charge < -0.3 is 0 Å². The lowest BCUT2D eigenvalue weighted by atomic mass is 10.0. The predicted molar refractivity (Wildman–Crippen MR) is 64.7 cm³/mol. The third-order valence-electron chi connectivity index (χ3n) is 2.93. The molecular weight excluding hydrogens is 353 g/mol. The van der Waals surface area contributed by atoms with Crippen molar-refractivity contribution in [3.63, 3.8) is 0 Å². The molecule has 24 heavy (non-hydrogen) atoms. The minimum Gasteiger partial charge on any atom is -0.239 e. The Balaban J connectivity index is 2.66. The van der Waals surface area contributed by atoms with Gasteiger partial charge in [-0.3, -0.25) is 0 Å². The van der Waals surface area contributed by atoms with Crippen LogP contribution < -0.4 is 0 Å². The van der Waals surface area contributed by atoms with Gasteiger partial charge in [0.15, 0.2) is 0 Å². The van der Waals surface area contributed by atoms with Crippen molar-refractivity contribution in [2.45, 2.75) is 18.5 Å². The Kier molecular flexibility index (Phi) is 4.28. The molecule has 0 saturated carbocycles. The molecule has 0 fully saturated rings. The molecule has 10 heteroatoms. The lowest BCUT2D eigenvalue weighted by Crippen LogP contribution is -2.15. The summed E-state index contributed by atoms with van der Waals surface area (Å²) >= 11 is 0. The predicted octanol–water partition coefficient (Wildman–Crippen LogP) is 5.81. The van der Waals surface area contributed by atoms with Gasteiger partial charge in [-0.05, 0) is 35.4 Å². The summed E-state index contributed by atoms with van der Waals surface area (Å²) in [5.74, 6) is 0. The van der Waals surface area contributed by atoms with E-state index in [0.29, 0.717) is 12.1 Å². The van der Waals surface area contributed by atoms with Gasteiger partial charge in [0.1, 0.15) is 11.4 Å². The van der Waals surface area contributed by atoms with E-state index >= 15 is 0 Å². The second kappa shape index (κ2) is 5.67. The monoisotopic (exact) mass is 359 g/mol. The molecule has 0 radical (unpaired) electrons. The molecule has 1 aromatic carbocycles. The van der Waals surface area contributed by atoms with Crippen LogP contribution in [0.15, 0.2) is 36.4 Å². The molecular formula is C14H6F9N. The van der Waals surface area contributed by atoms with Crippen LogP contribution in [0.25, 0.3) is 11.1 Å². The van der Waals surface area contributed by atoms with E-state index in [1.807, 2.05) is 0 Å². The molecule has 2 rings (SSSR count). The zero-order valence-corrected chi connectivity index (χ0v) is 11.3. The van der Waals surface area contributed by atoms with Gasteiger partial charge in [-0.25, -0.2) is 4.98 Å². The first-order valence-electron chi connectivity index (χ1n) is 6.12. The maximum Gasteiger partial charge on any atom is 0.433 e. The molecule has 0 unspecified atom stereocenters. The van der Waals surface area contributed by atoms with Gasteiger partial charge in [0.25, 0.3) is 0 Å². The second-order valence-electron chi connectivity index (χ2n) is 4.70. The van der Waals surface area contributed by atoms with Gasteiger partial charge in [-0.15, -0.1) is 0 Å². The normalized spacial score (nSPS) is 13.2. The Bertz CT molecular complexity index is 709. The van der Waals surface area contributed by atoms with E-state index in [1.165, 1.54) is 0 Å². The highest BCUT2D eigenvalue weighted by atomic mass is 19.4. The number of hydrogen-bond donors (Lipinski definition) is 0. The SMILES string of the molecule is FC(F)(F)c1cccc(-c2cc(C(F)(F)F)nc(C(F)(F)F)c2)c1. The first-order chi connectivity index (χ1) is 10.8. The fourth-order valence-corrected chi connectivity index (χ4v) is 1.86. The first-order valence-corrected chi connectivity index (χ1v) is 6.12. The number of pyridine rings is 1. The van der Waals surface area contributed by atoms with Crippen LogP contribution >= 0.6 is 0 Å². The Morgan fingerprint density at radius 2 is 1.08 bits per heavy atom. The number of rotatable bonds is 1. The number of hydrogen-bond acceptors (Lipinski definition) is 1. The molecule has 0 spiro atoms. The topological polar surface area (TPSA) is 12.9 Å². The highest BCUT2D eigenvalue weighted by molar-refractivity contribution is 5.65. The van der Waals surface area contributed by atoms with Crippen LogP contribution in [0, 0.1) is 0 Å². The number of alkyl halides is 9. The summed E-state index contributed by atoms with van der Waals surface area (Å²) in [6.45, 7) is 0. The summed E-state index contributed by atoms with van der Waals surface area (Å²) in [5.41, 5.74) is -5.99. The zero-order valence-electron chi connectivity index (χ0n) is 11.3. The molecule has 0 saturated heterocycles. The molecule has 0 N–H and O–H groups in total. The Morgan fingerprint density at radius 1 is 0.583 bits per heavy atom. The lowest BCUT2D eigenvalue weighted by molar-refractivity contribution is -0.150. The van der Waals surface area contributed by atoms with Crippen LogP contribution in [0.2, 0.25) is 0 Å². The molecule has 0 aliphatic carbocycles. The molecule has 1 heterocycles. The van der Waals surface area contributed by atoms with Crippen molar-refractivity contribution in [1.29, 1.82) is 0 Å². The molecule has 1 nitrogen and oxygen atoms in total. The minimum atomic E-state index is -5.18. The quantitative estimate of drug-likeness (QED) is 0.586. The smallest absolute Gasteiger partial charge is 0.239 e. The minimum absolute atomic E-state index is 0.269. The number of aromatic nitrogens is 1. The van der Waals surface area contributed by atoms with Crippen molar-refractivity contribution in [2.75, 3.05) is 0 Å². The molecule has 0 atom stereocenters. The fraction of sp³-hybridized carbons (Fsp3) is 0.214. The third-order valence-corrected chi connectivity index (χ3v) is 2.93. The first kappa shape index (κ1) is 18.1. The molecule has 0 bridgehead atoms. The average Bonchev–Trinajstić information content (AvgIpc) is 2.44. The Labute approximate surface area is 128 Å². The van der Waals surface area contributed by atoms with Crippen molar-refractivity contribution in [3.05, 3.63) is 53.3 Å². The maximum absolute atomic E-state index is 12.7. The summed E-state index contributed by atoms with van der Waals surface area (Å²) in [7, 11) is 0. The zero-order chi connectivity index (χ0) is 18.3. The van der Waals surface area contributed by atoms with Crippen molar-refractivity contribution in [2.24, 2.45) is 0 Å². The molecule has 0 aliphatic heterocycles. The number of benzene rings is 1. The van der Waals surface area contributed by atoms with Crippen LogP contribution in [0.5, 0.6) is 0 Å². The van der Waals surface area contributed by atoms with Crippen molar-refractivity contribution in [3.8, 4) is 11.1 Å². The van der Waals surface area contributed by atoms with E-state index in [0.717, 1.165) is 12.1 Å². The van der Waals surface area contributed by atoms with Crippen molar-refractivity contribution in [1.82, 2.24) is 4.98 Å². The average molecular weight is 359 g/mol. The summed E-state index contributed by atoms with van der Waals surface area (Å²) < 4.78 is 114. The fourth-order valence-electron chi connectivity index (χ4n) is 1.86. The summed E-state index contributed by atoms with van der Waals surface area (Å²) in [5, 5.41) is 0. The van der Waals surface area contributed by atoms with Gasteiger partial charge in [0, 0.05) is 0 Å². The molecule has 0 aliphatic rings. The summed E-state index contributed by atoms with van der Waals surface area (Å²) in [4.78, 5) is 2.50. The summed E-state index contributed by atoms with van der Waals surface area (Å²) in [6.07, 6.45) is -15.2. The van der Waals surface area contributed by atoms with E-state index in [1.54, 1.807) is 0 Å². The van der Waals surface area contributed by atoms with Gasteiger partial charge >= 0.3 is 18.5 Å². The highest BCUT2D eigenvalue weighted by Gasteiger charge is 2.39. The third kappa shape index (κ3) is 3.98. The van der Waals surface area contributed by atoms with Crippen LogP contribution in [0.4, 0.5) is 39.5 Å². The van der Waals surface area contributed by atoms with Gasteiger partial charge in [0.05, 0.1) is 5.56 Å². The van der Waals surface area contributed by atoms with E-state index < -0.39 is 46.6 Å². The largest absolute Gasteiger partial charge is 0.433 e. The Hall–Kier alpha value is -2.26. The van der Waals surface area contributed by atoms with Gasteiger partial charge in [-0.1, -0.05) is 12.1 Å². The lowest BCUT2D eigenvalue weighted by Gasteiger charge is -2.14. The molecule has 130 valence electrons. The highest BCUT2D eigenvalue weighted by Crippen LogP contribution is 2.37. The summed E-state index contributed by atoms with van der Waals surface area (Å²) in [6, 6.07) is 3.52. The molecule has 0 amide bonds. The van der Waals surface area contributed by atoms with Crippen LogP contribution in [0.3, 0.4) is 0 Å². The van der Waals surface area contributed by atoms with Gasteiger partial charge in [-0.2, -0.15) is 39.5 Å².